The van der Waals surface area contributed by atoms with Crippen molar-refractivity contribution in [3.05, 3.63) is 53.1 Å². The zero-order valence-electron chi connectivity index (χ0n) is 23.1. The van der Waals surface area contributed by atoms with E-state index in [-0.39, 0.29) is 17.7 Å². The Morgan fingerprint density at radius 2 is 2.00 bits per heavy atom. The Hall–Kier alpha value is -4.45. The number of nitrogens with one attached hydrogen (secondary N) is 2. The summed E-state index contributed by atoms with van der Waals surface area (Å²) in [5.41, 5.74) is 5.52. The Balaban J connectivity index is 1.25. The minimum atomic E-state index is -0.963. The van der Waals surface area contributed by atoms with Crippen molar-refractivity contribution in [3.8, 4) is 28.4 Å². The van der Waals surface area contributed by atoms with Crippen molar-refractivity contribution in [2.45, 2.75) is 45.3 Å². The van der Waals surface area contributed by atoms with E-state index in [0.29, 0.717) is 56.1 Å². The molecule has 6 rings (SSSR count). The first-order valence-corrected chi connectivity index (χ1v) is 13.7. The quantitative estimate of drug-likeness (QED) is 0.298. The van der Waals surface area contributed by atoms with Gasteiger partial charge in [-0.2, -0.15) is 5.10 Å². The van der Waals surface area contributed by atoms with Crippen LogP contribution in [0.1, 0.15) is 30.8 Å². The van der Waals surface area contributed by atoms with Crippen molar-refractivity contribution >= 4 is 22.9 Å². The Morgan fingerprint density at radius 3 is 2.73 bits per heavy atom. The molecule has 11 nitrogen and oxygen atoms in total. The summed E-state index contributed by atoms with van der Waals surface area (Å²) in [4.78, 5) is 38.2. The van der Waals surface area contributed by atoms with Crippen molar-refractivity contribution in [1.29, 1.82) is 0 Å². The molecule has 1 saturated heterocycles. The van der Waals surface area contributed by atoms with Crippen LogP contribution in [0.5, 0.6) is 5.75 Å². The number of H-pyrrole nitrogens is 2. The molecule has 4 aromatic rings. The van der Waals surface area contributed by atoms with Gasteiger partial charge in [-0.05, 0) is 61.3 Å². The second-order valence-corrected chi connectivity index (χ2v) is 10.9. The Labute approximate surface area is 235 Å². The highest BCUT2D eigenvalue weighted by molar-refractivity contribution is 5.94. The molecule has 2 amide bonds. The number of likely N-dealkylation sites (N-methyl/N-ethyl adjacent to an activating group) is 1. The number of piperazine rings is 1. The van der Waals surface area contributed by atoms with Gasteiger partial charge in [-0.15, -0.1) is 0 Å². The third-order valence-corrected chi connectivity index (χ3v) is 8.31. The third kappa shape index (κ3) is 4.67. The summed E-state index contributed by atoms with van der Waals surface area (Å²) in [7, 11) is 1.91. The molecule has 2 atom stereocenters. The predicted octanol–water partition coefficient (Wildman–Crippen LogP) is 3.59. The monoisotopic (exact) mass is 561 g/mol. The molecule has 0 unspecified atom stereocenters. The number of rotatable bonds is 4. The number of hydrogen-bond donors (Lipinski definition) is 4. The molecule has 0 aliphatic carbocycles. The number of aromatic nitrogens is 4. The normalized spacial score (nSPS) is 19.5. The van der Waals surface area contributed by atoms with Gasteiger partial charge in [0, 0.05) is 44.0 Å². The van der Waals surface area contributed by atoms with Gasteiger partial charge in [0.25, 0.3) is 0 Å². The first-order valence-electron chi connectivity index (χ1n) is 13.7. The fourth-order valence-corrected chi connectivity index (χ4v) is 6.02. The van der Waals surface area contributed by atoms with Gasteiger partial charge in [0.2, 0.25) is 5.91 Å². The Bertz CT molecular complexity index is 1660. The first kappa shape index (κ1) is 26.8. The molecular weight excluding hydrogens is 529 g/mol. The van der Waals surface area contributed by atoms with E-state index in [2.05, 4.69) is 15.2 Å². The zero-order chi connectivity index (χ0) is 29.0. The molecule has 4 N–H and O–H groups in total. The fourth-order valence-electron chi connectivity index (χ4n) is 6.02. The number of aromatic hydroxyl groups is 1. The lowest BCUT2D eigenvalue weighted by atomic mass is 9.96. The van der Waals surface area contributed by atoms with E-state index >= 15 is 0 Å². The number of aryl methyl sites for hydroxylation is 1. The molecular formula is C29H32FN7O4. The summed E-state index contributed by atoms with van der Waals surface area (Å²) in [6.45, 7) is 5.31. The van der Waals surface area contributed by atoms with E-state index in [1.165, 1.54) is 17.0 Å². The van der Waals surface area contributed by atoms with Gasteiger partial charge < -0.3 is 25.0 Å². The molecule has 41 heavy (non-hydrogen) atoms. The van der Waals surface area contributed by atoms with Crippen LogP contribution in [0.4, 0.5) is 9.18 Å². The Kier molecular flexibility index (Phi) is 6.65. The van der Waals surface area contributed by atoms with Crippen molar-refractivity contribution in [3.63, 3.8) is 0 Å². The zero-order valence-corrected chi connectivity index (χ0v) is 23.1. The van der Waals surface area contributed by atoms with Crippen LogP contribution in [0.3, 0.4) is 0 Å². The van der Waals surface area contributed by atoms with Crippen LogP contribution in [0.25, 0.3) is 33.5 Å². The standard InChI is InChI=1S/C29H32FN7O4/c1-4-16-10-25(38)20(30)11-19(16)17-5-6-18-21(9-17)33-34-26(18)27-31-22-12-24(35(3)14-23(22)32-27)28(39)37-8-7-36(29(40)41)13-15(37)2/h5-6,9-11,15,24,38H,4,7-8,12-14H2,1-3H3,(H,31,32)(H,33,34)(H,40,41)/t15-,24-/m0/s1. The first-order chi connectivity index (χ1) is 19.6. The van der Waals surface area contributed by atoms with Gasteiger partial charge in [0.05, 0.1) is 22.9 Å². The highest BCUT2D eigenvalue weighted by Crippen LogP contribution is 2.34. The van der Waals surface area contributed by atoms with E-state index in [1.54, 1.807) is 4.90 Å². The highest BCUT2D eigenvalue weighted by Gasteiger charge is 2.38. The van der Waals surface area contributed by atoms with E-state index in [1.807, 2.05) is 44.0 Å². The molecule has 4 heterocycles. The molecule has 0 radical (unpaired) electrons. The number of carbonyl (C=O) groups excluding carboxylic acids is 1. The average Bonchev–Trinajstić information content (AvgIpc) is 3.56. The molecule has 2 aliphatic heterocycles. The van der Waals surface area contributed by atoms with Crippen LogP contribution >= 0.6 is 0 Å². The maximum Gasteiger partial charge on any atom is 0.407 e. The van der Waals surface area contributed by atoms with Crippen LogP contribution in [-0.2, 0) is 24.2 Å². The lowest BCUT2D eigenvalue weighted by Crippen LogP contribution is -2.59. The number of nitrogens with zero attached hydrogens (tertiary/aromatic N) is 5. The number of amides is 2. The predicted molar refractivity (Wildman–Crippen MR) is 150 cm³/mol. The molecule has 2 aromatic carbocycles. The second kappa shape index (κ2) is 10.2. The number of carboxylic acid groups (broad SMARTS) is 1. The molecule has 214 valence electrons. The second-order valence-electron chi connectivity index (χ2n) is 10.9. The summed E-state index contributed by atoms with van der Waals surface area (Å²) in [5.74, 6) is -0.441. The third-order valence-electron chi connectivity index (χ3n) is 8.31. The number of fused-ring (bicyclic) bond motifs is 2. The maximum absolute atomic E-state index is 14.2. The van der Waals surface area contributed by atoms with Gasteiger partial charge in [0.15, 0.2) is 17.4 Å². The lowest BCUT2D eigenvalue weighted by Gasteiger charge is -2.42. The summed E-state index contributed by atoms with van der Waals surface area (Å²) >= 11 is 0. The van der Waals surface area contributed by atoms with Crippen LogP contribution < -0.4 is 0 Å². The van der Waals surface area contributed by atoms with Crippen molar-refractivity contribution in [1.82, 2.24) is 34.9 Å². The largest absolute Gasteiger partial charge is 0.505 e. The van der Waals surface area contributed by atoms with Crippen LogP contribution in [0.15, 0.2) is 30.3 Å². The average molecular weight is 562 g/mol. The summed E-state index contributed by atoms with van der Waals surface area (Å²) in [6, 6.07) is 7.96. The van der Waals surface area contributed by atoms with E-state index < -0.39 is 18.0 Å². The van der Waals surface area contributed by atoms with Gasteiger partial charge in [0.1, 0.15) is 5.69 Å². The number of halogens is 1. The highest BCUT2D eigenvalue weighted by atomic mass is 19.1. The number of imidazole rings is 1. The van der Waals surface area contributed by atoms with Crippen molar-refractivity contribution in [2.75, 3.05) is 26.7 Å². The fraction of sp³-hybridized carbons (Fsp3) is 0.379. The number of phenolic OH excluding ortho intramolecular Hbond substituents is 1. The van der Waals surface area contributed by atoms with Crippen LogP contribution in [0.2, 0.25) is 0 Å². The van der Waals surface area contributed by atoms with Crippen molar-refractivity contribution < 1.29 is 24.2 Å². The number of phenols is 1. The minimum Gasteiger partial charge on any atom is -0.505 e. The van der Waals surface area contributed by atoms with E-state index in [0.717, 1.165) is 33.4 Å². The summed E-state index contributed by atoms with van der Waals surface area (Å²) < 4.78 is 14.2. The summed E-state index contributed by atoms with van der Waals surface area (Å²) in [5, 5.41) is 27.5. The molecule has 0 saturated carbocycles. The molecule has 2 aromatic heterocycles. The molecule has 2 aliphatic rings. The van der Waals surface area contributed by atoms with Gasteiger partial charge in [-0.1, -0.05) is 13.0 Å². The molecule has 0 bridgehead atoms. The van der Waals surface area contributed by atoms with Crippen LogP contribution in [-0.4, -0.2) is 95.8 Å². The number of hydrogen-bond acceptors (Lipinski definition) is 6. The molecule has 0 spiro atoms. The smallest absolute Gasteiger partial charge is 0.407 e. The maximum atomic E-state index is 14.2. The van der Waals surface area contributed by atoms with Gasteiger partial charge in [-0.25, -0.2) is 14.2 Å². The molecule has 12 heteroatoms. The van der Waals surface area contributed by atoms with Crippen molar-refractivity contribution in [2.24, 2.45) is 0 Å². The number of aromatic amines is 2. The van der Waals surface area contributed by atoms with Gasteiger partial charge >= 0.3 is 6.09 Å². The SMILES string of the molecule is CCc1cc(O)c(F)cc1-c1ccc2c(-c3nc4c([nH]3)CN(C)[C@H](C(=O)N3CCN(C(=O)O)C[C@@H]3C)C4)n[nH]c2c1. The molecule has 1 fully saturated rings. The number of carbonyl (C=O) groups is 2. The van der Waals surface area contributed by atoms with E-state index in [4.69, 9.17) is 4.98 Å². The Morgan fingerprint density at radius 1 is 1.20 bits per heavy atom. The number of benzene rings is 2. The van der Waals surface area contributed by atoms with Crippen LogP contribution in [0, 0.1) is 5.82 Å². The van der Waals surface area contributed by atoms with Gasteiger partial charge in [-0.3, -0.25) is 14.8 Å². The summed E-state index contributed by atoms with van der Waals surface area (Å²) in [6.07, 6.45) is 0.114. The minimum absolute atomic E-state index is 0.0184. The lowest BCUT2D eigenvalue weighted by molar-refractivity contribution is -0.141. The topological polar surface area (TPSA) is 142 Å². The van der Waals surface area contributed by atoms with E-state index in [9.17, 15) is 24.2 Å².